The minimum Gasteiger partial charge on any atom is -0.461 e. The van der Waals surface area contributed by atoms with E-state index in [0.717, 1.165) is 10.4 Å². The van der Waals surface area contributed by atoms with E-state index >= 15 is 0 Å². The summed E-state index contributed by atoms with van der Waals surface area (Å²) in [5.41, 5.74) is 0.291. The fourth-order valence-corrected chi connectivity index (χ4v) is 3.83. The van der Waals surface area contributed by atoms with Crippen LogP contribution in [0.25, 0.3) is 22.0 Å². The van der Waals surface area contributed by atoms with Crippen LogP contribution < -0.4 is 0 Å². The summed E-state index contributed by atoms with van der Waals surface area (Å²) in [4.78, 5) is 29.8. The summed E-state index contributed by atoms with van der Waals surface area (Å²) in [7, 11) is 0. The van der Waals surface area contributed by atoms with Crippen LogP contribution in [-0.4, -0.2) is 45.3 Å². The fourth-order valence-electron chi connectivity index (χ4n) is 2.73. The second-order valence-corrected chi connectivity index (χ2v) is 9.70. The Morgan fingerprint density at radius 3 is 2.69 bits per heavy atom. The van der Waals surface area contributed by atoms with Gasteiger partial charge in [0.25, 0.3) is 0 Å². The van der Waals surface area contributed by atoms with Crippen LogP contribution >= 0.6 is 34.5 Å². The zero-order valence-corrected chi connectivity index (χ0v) is 21.9. The largest absolute Gasteiger partial charge is 0.510 e. The van der Waals surface area contributed by atoms with E-state index in [1.54, 1.807) is 37.4 Å². The molecule has 3 rings (SSSR count). The molecule has 10 nitrogen and oxygen atoms in total. The average molecular weight is 550 g/mol. The molecule has 36 heavy (non-hydrogen) atoms. The van der Waals surface area contributed by atoms with Crippen molar-refractivity contribution in [2.45, 2.75) is 27.0 Å². The predicted molar refractivity (Wildman–Crippen MR) is 133 cm³/mol. The van der Waals surface area contributed by atoms with E-state index in [-0.39, 0.29) is 24.6 Å². The summed E-state index contributed by atoms with van der Waals surface area (Å²) in [5.74, 6) is -0.552. The average Bonchev–Trinajstić information content (AvgIpc) is 3.50. The number of hydrogen-bond acceptors (Lipinski definition) is 10. The second kappa shape index (κ2) is 11.5. The zero-order chi connectivity index (χ0) is 26.5. The molecule has 1 aromatic carbocycles. The van der Waals surface area contributed by atoms with Gasteiger partial charge in [-0.05, 0) is 32.9 Å². The number of ether oxygens (including phenoxy) is 3. The summed E-state index contributed by atoms with van der Waals surface area (Å²) in [5, 5.41) is 21.1. The molecule has 0 N–H and O–H groups in total. The van der Waals surface area contributed by atoms with Gasteiger partial charge in [-0.2, -0.15) is 5.26 Å². The standard InChI is InChI=1S/C23H21Cl2N5O5S/c1-5-8-33-21(31)23(3,4)12-34-22(32)35-13(2)30-28-17(10-26)19(29-30)18-11-36-20(27-18)14-6-7-15(24)16(25)9-14/h5-7,9,11,13H,1,8,12H2,2-4H3. The Bertz CT molecular complexity index is 1330. The van der Waals surface area contributed by atoms with E-state index in [0.29, 0.717) is 20.7 Å². The Morgan fingerprint density at radius 1 is 1.28 bits per heavy atom. The lowest BCUT2D eigenvalue weighted by molar-refractivity contribution is -0.155. The number of carbonyl (C=O) groups is 2. The molecule has 0 aliphatic carbocycles. The van der Waals surface area contributed by atoms with Crippen molar-refractivity contribution < 1.29 is 23.8 Å². The molecule has 0 spiro atoms. The molecule has 2 heterocycles. The predicted octanol–water partition coefficient (Wildman–Crippen LogP) is 5.67. The first-order valence-electron chi connectivity index (χ1n) is 10.5. The summed E-state index contributed by atoms with van der Waals surface area (Å²) in [6.45, 7) is 7.88. The smallest absolute Gasteiger partial charge is 0.461 e. The van der Waals surface area contributed by atoms with Crippen LogP contribution in [0.1, 0.15) is 32.7 Å². The first-order chi connectivity index (χ1) is 17.1. The fraction of sp³-hybridized carbons (Fsp3) is 0.304. The van der Waals surface area contributed by atoms with Gasteiger partial charge in [-0.3, -0.25) is 4.79 Å². The maximum atomic E-state index is 12.2. The molecule has 2 aromatic heterocycles. The summed E-state index contributed by atoms with van der Waals surface area (Å²) in [6.07, 6.45) is -0.618. The monoisotopic (exact) mass is 549 g/mol. The van der Waals surface area contributed by atoms with Crippen molar-refractivity contribution in [2.75, 3.05) is 13.2 Å². The van der Waals surface area contributed by atoms with Crippen molar-refractivity contribution in [1.29, 1.82) is 5.26 Å². The Morgan fingerprint density at radius 2 is 2.03 bits per heavy atom. The van der Waals surface area contributed by atoms with Crippen LogP contribution in [-0.2, 0) is 19.0 Å². The summed E-state index contributed by atoms with van der Waals surface area (Å²) < 4.78 is 15.2. The molecular formula is C23H21Cl2N5O5S. The quantitative estimate of drug-likeness (QED) is 0.244. The van der Waals surface area contributed by atoms with E-state index in [9.17, 15) is 14.9 Å². The lowest BCUT2D eigenvalue weighted by Crippen LogP contribution is -2.33. The third-order valence-corrected chi connectivity index (χ3v) is 6.31. The highest BCUT2D eigenvalue weighted by Crippen LogP contribution is 2.33. The van der Waals surface area contributed by atoms with Gasteiger partial charge >= 0.3 is 12.1 Å². The van der Waals surface area contributed by atoms with E-state index < -0.39 is 23.8 Å². The molecule has 188 valence electrons. The van der Waals surface area contributed by atoms with Gasteiger partial charge in [-0.15, -0.1) is 26.3 Å². The number of carbonyl (C=O) groups excluding carboxylic acids is 2. The van der Waals surface area contributed by atoms with Crippen molar-refractivity contribution in [1.82, 2.24) is 20.0 Å². The normalized spacial score (nSPS) is 11.9. The van der Waals surface area contributed by atoms with Gasteiger partial charge in [0.15, 0.2) is 11.4 Å². The van der Waals surface area contributed by atoms with Gasteiger partial charge in [0, 0.05) is 10.9 Å². The number of rotatable bonds is 9. The molecule has 1 atom stereocenters. The second-order valence-electron chi connectivity index (χ2n) is 8.02. The van der Waals surface area contributed by atoms with Gasteiger partial charge in [-0.25, -0.2) is 9.78 Å². The van der Waals surface area contributed by atoms with E-state index in [2.05, 4.69) is 21.8 Å². The first kappa shape index (κ1) is 27.1. The van der Waals surface area contributed by atoms with Crippen molar-refractivity contribution in [3.63, 3.8) is 0 Å². The van der Waals surface area contributed by atoms with Gasteiger partial charge in [0.2, 0.25) is 6.23 Å². The Balaban J connectivity index is 1.69. The van der Waals surface area contributed by atoms with Crippen LogP contribution in [0.15, 0.2) is 36.2 Å². The first-order valence-corrected chi connectivity index (χ1v) is 12.1. The summed E-state index contributed by atoms with van der Waals surface area (Å²) in [6, 6.07) is 7.10. The van der Waals surface area contributed by atoms with E-state index in [1.165, 1.54) is 24.3 Å². The molecule has 0 bridgehead atoms. The highest BCUT2D eigenvalue weighted by Gasteiger charge is 2.32. The molecule has 3 aromatic rings. The highest BCUT2D eigenvalue weighted by atomic mass is 35.5. The van der Waals surface area contributed by atoms with Crippen LogP contribution in [0.4, 0.5) is 4.79 Å². The number of hydrogen-bond donors (Lipinski definition) is 0. The molecule has 0 saturated heterocycles. The van der Waals surface area contributed by atoms with Crippen LogP contribution in [0.2, 0.25) is 10.0 Å². The maximum absolute atomic E-state index is 12.2. The van der Waals surface area contributed by atoms with Gasteiger partial charge < -0.3 is 14.2 Å². The lowest BCUT2D eigenvalue weighted by atomic mass is 9.95. The third-order valence-electron chi connectivity index (χ3n) is 4.68. The van der Waals surface area contributed by atoms with Crippen molar-refractivity contribution in [2.24, 2.45) is 5.41 Å². The Labute approximate surface area is 221 Å². The molecule has 0 aliphatic rings. The van der Waals surface area contributed by atoms with Crippen LogP contribution in [0, 0.1) is 16.7 Å². The molecule has 1 unspecified atom stereocenters. The number of halogens is 2. The number of nitriles is 1. The number of nitrogens with zero attached hydrogens (tertiary/aromatic N) is 5. The van der Waals surface area contributed by atoms with E-state index in [4.69, 9.17) is 37.4 Å². The molecule has 13 heteroatoms. The van der Waals surface area contributed by atoms with Crippen LogP contribution in [0.5, 0.6) is 0 Å². The number of esters is 1. The number of aromatic nitrogens is 4. The zero-order valence-electron chi connectivity index (χ0n) is 19.5. The highest BCUT2D eigenvalue weighted by molar-refractivity contribution is 7.13. The minimum atomic E-state index is -1.09. The van der Waals surface area contributed by atoms with E-state index in [1.807, 2.05) is 6.07 Å². The van der Waals surface area contributed by atoms with Crippen molar-refractivity contribution in [3.8, 4) is 28.0 Å². The van der Waals surface area contributed by atoms with Gasteiger partial charge in [-0.1, -0.05) is 41.9 Å². The molecule has 0 saturated carbocycles. The molecule has 0 fully saturated rings. The Hall–Kier alpha value is -3.46. The van der Waals surface area contributed by atoms with Gasteiger partial charge in [0.05, 0.1) is 15.5 Å². The maximum Gasteiger partial charge on any atom is 0.510 e. The lowest BCUT2D eigenvalue weighted by Gasteiger charge is -2.22. The molecular weight excluding hydrogens is 529 g/mol. The summed E-state index contributed by atoms with van der Waals surface area (Å²) >= 11 is 13.4. The topological polar surface area (TPSA) is 129 Å². The SMILES string of the molecule is C=CCOC(=O)C(C)(C)COC(=O)OC(C)n1nc(C#N)c(-c2csc(-c3ccc(Cl)c(Cl)c3)n2)n1. The third kappa shape index (κ3) is 6.40. The van der Waals surface area contributed by atoms with Crippen LogP contribution in [0.3, 0.4) is 0 Å². The number of thiazole rings is 1. The van der Waals surface area contributed by atoms with Crippen molar-refractivity contribution in [3.05, 3.63) is 52.0 Å². The van der Waals surface area contributed by atoms with Gasteiger partial charge in [0.1, 0.15) is 30.0 Å². The molecule has 0 radical (unpaired) electrons. The Kier molecular flexibility index (Phi) is 8.68. The number of benzene rings is 1. The molecule has 0 aliphatic heterocycles. The molecule has 0 amide bonds. The minimum absolute atomic E-state index is 0.00379. The van der Waals surface area contributed by atoms with Crippen molar-refractivity contribution >= 4 is 46.7 Å².